The minimum Gasteiger partial charge on any atom is -0.333 e. The normalized spacial score (nSPS) is 24.1. The Bertz CT molecular complexity index is 713. The fourth-order valence-corrected chi connectivity index (χ4v) is 3.98. The van der Waals surface area contributed by atoms with E-state index < -0.39 is 0 Å². The van der Waals surface area contributed by atoms with Crippen LogP contribution in [0.5, 0.6) is 0 Å². The lowest BCUT2D eigenvalue weighted by molar-refractivity contribution is 0.0578. The molecular weight excluding hydrogens is 302 g/mol. The first-order valence-corrected chi connectivity index (χ1v) is 8.61. The lowest BCUT2D eigenvalue weighted by Gasteiger charge is -2.35. The third-order valence-electron chi connectivity index (χ3n) is 5.14. The molecule has 3 fully saturated rings. The molecule has 0 N–H and O–H groups in total. The maximum absolute atomic E-state index is 12.8. The molecule has 126 valence electrons. The Labute approximate surface area is 142 Å². The number of rotatable bonds is 3. The average Bonchev–Trinajstić information content (AvgIpc) is 2.84. The number of fused-ring (bicyclic) bond motifs is 4. The van der Waals surface area contributed by atoms with Crippen LogP contribution in [0.2, 0.25) is 0 Å². The predicted molar refractivity (Wildman–Crippen MR) is 90.3 cm³/mol. The van der Waals surface area contributed by atoms with Gasteiger partial charge in [-0.15, -0.1) is 0 Å². The Morgan fingerprint density at radius 3 is 2.75 bits per heavy atom. The van der Waals surface area contributed by atoms with Crippen LogP contribution in [0.25, 0.3) is 0 Å². The lowest BCUT2D eigenvalue weighted by Crippen LogP contribution is -2.47. The van der Waals surface area contributed by atoms with Gasteiger partial charge in [-0.1, -0.05) is 0 Å². The van der Waals surface area contributed by atoms with Crippen LogP contribution in [0.3, 0.4) is 0 Å². The molecule has 0 saturated carbocycles. The molecule has 0 radical (unpaired) electrons. The molecule has 0 unspecified atom stereocenters. The molecule has 3 aliphatic heterocycles. The number of aryl methyl sites for hydroxylation is 1. The Kier molecular flexibility index (Phi) is 4.06. The van der Waals surface area contributed by atoms with Gasteiger partial charge in [0, 0.05) is 57.9 Å². The van der Waals surface area contributed by atoms with Crippen LogP contribution in [0.15, 0.2) is 36.8 Å². The summed E-state index contributed by atoms with van der Waals surface area (Å²) in [7, 11) is 1.85. The summed E-state index contributed by atoms with van der Waals surface area (Å²) < 4.78 is 1.69. The van der Waals surface area contributed by atoms with Crippen molar-refractivity contribution in [2.24, 2.45) is 13.0 Å². The van der Waals surface area contributed by atoms with Crippen molar-refractivity contribution in [3.8, 4) is 0 Å². The van der Waals surface area contributed by atoms with Crippen molar-refractivity contribution in [2.45, 2.75) is 25.4 Å². The van der Waals surface area contributed by atoms with Gasteiger partial charge in [0.2, 0.25) is 0 Å². The summed E-state index contributed by atoms with van der Waals surface area (Å²) in [6.45, 7) is 3.79. The maximum atomic E-state index is 12.8. The first kappa shape index (κ1) is 15.3. The molecule has 2 bridgehead atoms. The molecule has 2 aromatic rings. The highest BCUT2D eigenvalue weighted by atomic mass is 16.2. The van der Waals surface area contributed by atoms with Crippen LogP contribution in [-0.4, -0.2) is 56.1 Å². The van der Waals surface area contributed by atoms with Crippen LogP contribution < -0.4 is 0 Å². The molecule has 3 aliphatic rings. The standard InChI is InChI=1S/C18H23N5O/c1-21-9-6-17(20-21)18(24)23-12-15-2-3-16(23)13-22(11-15)10-14-4-7-19-8-5-14/h4-9,15-16H,2-3,10-13H2,1H3/t15-,16+/m0/s1. The van der Waals surface area contributed by atoms with E-state index in [-0.39, 0.29) is 5.91 Å². The summed E-state index contributed by atoms with van der Waals surface area (Å²) in [6, 6.07) is 6.25. The van der Waals surface area contributed by atoms with E-state index in [2.05, 4.69) is 32.0 Å². The third-order valence-corrected chi connectivity index (χ3v) is 5.14. The first-order chi connectivity index (χ1) is 11.7. The second kappa shape index (κ2) is 6.36. The first-order valence-electron chi connectivity index (χ1n) is 8.61. The summed E-state index contributed by atoms with van der Waals surface area (Å²) in [5.41, 5.74) is 1.85. The van der Waals surface area contributed by atoms with E-state index in [1.807, 2.05) is 31.7 Å². The summed E-state index contributed by atoms with van der Waals surface area (Å²) >= 11 is 0. The number of hydrogen-bond acceptors (Lipinski definition) is 4. The molecule has 3 saturated heterocycles. The molecule has 24 heavy (non-hydrogen) atoms. The number of nitrogens with zero attached hydrogens (tertiary/aromatic N) is 5. The highest BCUT2D eigenvalue weighted by molar-refractivity contribution is 5.92. The van der Waals surface area contributed by atoms with Gasteiger partial charge in [-0.25, -0.2) is 0 Å². The van der Waals surface area contributed by atoms with Gasteiger partial charge >= 0.3 is 0 Å². The smallest absolute Gasteiger partial charge is 0.274 e. The molecule has 2 atom stereocenters. The van der Waals surface area contributed by atoms with Crippen LogP contribution in [0.4, 0.5) is 0 Å². The van der Waals surface area contributed by atoms with E-state index in [1.54, 1.807) is 4.68 Å². The Hall–Kier alpha value is -2.21. The molecule has 0 aliphatic carbocycles. The van der Waals surface area contributed by atoms with Gasteiger partial charge in [0.05, 0.1) is 0 Å². The summed E-state index contributed by atoms with van der Waals surface area (Å²) in [5, 5.41) is 4.29. The zero-order valence-electron chi connectivity index (χ0n) is 14.0. The summed E-state index contributed by atoms with van der Waals surface area (Å²) in [6.07, 6.45) is 7.83. The minimum absolute atomic E-state index is 0.0797. The van der Waals surface area contributed by atoms with Crippen molar-refractivity contribution in [1.29, 1.82) is 0 Å². The van der Waals surface area contributed by atoms with E-state index in [9.17, 15) is 4.79 Å². The van der Waals surface area contributed by atoms with E-state index in [4.69, 9.17) is 0 Å². The molecule has 0 spiro atoms. The molecule has 2 aromatic heterocycles. The Morgan fingerprint density at radius 2 is 2.00 bits per heavy atom. The highest BCUT2D eigenvalue weighted by Gasteiger charge is 2.37. The van der Waals surface area contributed by atoms with Crippen molar-refractivity contribution in [3.63, 3.8) is 0 Å². The number of carbonyl (C=O) groups is 1. The fraction of sp³-hybridized carbons (Fsp3) is 0.500. The Balaban J connectivity index is 1.49. The second-order valence-corrected chi connectivity index (χ2v) is 6.98. The van der Waals surface area contributed by atoms with Crippen molar-refractivity contribution in [2.75, 3.05) is 19.6 Å². The maximum Gasteiger partial charge on any atom is 0.274 e. The predicted octanol–water partition coefficient (Wildman–Crippen LogP) is 1.55. The zero-order chi connectivity index (χ0) is 16.5. The number of pyridine rings is 1. The lowest BCUT2D eigenvalue weighted by atomic mass is 9.95. The summed E-state index contributed by atoms with van der Waals surface area (Å²) in [5.74, 6) is 0.634. The van der Waals surface area contributed by atoms with Crippen LogP contribution in [-0.2, 0) is 13.6 Å². The zero-order valence-corrected chi connectivity index (χ0v) is 14.0. The number of amides is 1. The van der Waals surface area contributed by atoms with E-state index in [0.29, 0.717) is 17.7 Å². The molecule has 5 rings (SSSR count). The van der Waals surface area contributed by atoms with E-state index in [1.165, 1.54) is 12.0 Å². The van der Waals surface area contributed by atoms with Gasteiger partial charge < -0.3 is 4.90 Å². The molecule has 5 heterocycles. The molecule has 6 heteroatoms. The molecule has 6 nitrogen and oxygen atoms in total. The van der Waals surface area contributed by atoms with Gasteiger partial charge in [-0.05, 0) is 42.5 Å². The number of aromatic nitrogens is 3. The topological polar surface area (TPSA) is 54.3 Å². The minimum atomic E-state index is 0.0797. The van der Waals surface area contributed by atoms with E-state index >= 15 is 0 Å². The quantitative estimate of drug-likeness (QED) is 0.859. The van der Waals surface area contributed by atoms with Crippen LogP contribution in [0.1, 0.15) is 28.9 Å². The number of carbonyl (C=O) groups excluding carboxylic acids is 1. The average molecular weight is 325 g/mol. The molecule has 0 aromatic carbocycles. The van der Waals surface area contributed by atoms with Crippen molar-refractivity contribution in [1.82, 2.24) is 24.6 Å². The molecule has 1 amide bonds. The van der Waals surface area contributed by atoms with E-state index in [0.717, 1.165) is 32.6 Å². The fourth-order valence-electron chi connectivity index (χ4n) is 3.98. The molecular formula is C18H23N5O. The largest absolute Gasteiger partial charge is 0.333 e. The van der Waals surface area contributed by atoms with Crippen LogP contribution >= 0.6 is 0 Å². The van der Waals surface area contributed by atoms with Crippen molar-refractivity contribution < 1.29 is 4.79 Å². The van der Waals surface area contributed by atoms with Gasteiger partial charge in [0.1, 0.15) is 5.69 Å². The Morgan fingerprint density at radius 1 is 1.17 bits per heavy atom. The van der Waals surface area contributed by atoms with Crippen LogP contribution in [0, 0.1) is 5.92 Å². The number of hydrogen-bond donors (Lipinski definition) is 0. The van der Waals surface area contributed by atoms with Crippen molar-refractivity contribution in [3.05, 3.63) is 48.0 Å². The van der Waals surface area contributed by atoms with Gasteiger partial charge in [0.15, 0.2) is 0 Å². The van der Waals surface area contributed by atoms with Gasteiger partial charge in [-0.2, -0.15) is 5.10 Å². The second-order valence-electron chi connectivity index (χ2n) is 6.98. The third kappa shape index (κ3) is 3.06. The van der Waals surface area contributed by atoms with Crippen molar-refractivity contribution >= 4 is 5.91 Å². The SMILES string of the molecule is Cn1ccc(C(=O)N2C[C@H]3CC[C@@H]2CN(Cc2ccncc2)C3)n1. The monoisotopic (exact) mass is 325 g/mol. The highest BCUT2D eigenvalue weighted by Crippen LogP contribution is 2.29. The summed E-state index contributed by atoms with van der Waals surface area (Å²) in [4.78, 5) is 21.5. The van der Waals surface area contributed by atoms with Gasteiger partial charge in [-0.3, -0.25) is 19.4 Å². The number of piperidine rings is 1. The van der Waals surface area contributed by atoms with Gasteiger partial charge in [0.25, 0.3) is 5.91 Å².